The highest BCUT2D eigenvalue weighted by atomic mass is 79.9. The minimum atomic E-state index is -0.134. The van der Waals surface area contributed by atoms with Gasteiger partial charge in [0.05, 0.1) is 12.2 Å². The third-order valence-electron chi connectivity index (χ3n) is 6.53. The number of benzene rings is 1. The zero-order valence-electron chi connectivity index (χ0n) is 14.6. The normalized spacial score (nSPS) is 32.0. The molecule has 4 bridgehead atoms. The first kappa shape index (κ1) is 16.4. The zero-order valence-corrected chi connectivity index (χ0v) is 16.2. The van der Waals surface area contributed by atoms with Crippen LogP contribution < -0.4 is 5.32 Å². The predicted molar refractivity (Wildman–Crippen MR) is 99.3 cm³/mol. The summed E-state index contributed by atoms with van der Waals surface area (Å²) >= 11 is 3.44. The van der Waals surface area contributed by atoms with Crippen LogP contribution in [0.5, 0.6) is 0 Å². The van der Waals surface area contributed by atoms with Crippen LogP contribution in [0.3, 0.4) is 0 Å². The first-order valence-corrected chi connectivity index (χ1v) is 10.2. The second-order valence-corrected chi connectivity index (χ2v) is 9.28. The molecular weight excluding hydrogens is 394 g/mol. The number of tetrazole rings is 1. The lowest BCUT2D eigenvalue weighted by molar-refractivity contribution is -0.146. The summed E-state index contributed by atoms with van der Waals surface area (Å²) in [5, 5.41) is 15.1. The highest BCUT2D eigenvalue weighted by Gasteiger charge is 2.54. The Morgan fingerprint density at radius 1 is 1.12 bits per heavy atom. The van der Waals surface area contributed by atoms with Gasteiger partial charge in [-0.15, -0.1) is 5.10 Å². The van der Waals surface area contributed by atoms with Crippen molar-refractivity contribution in [2.24, 2.45) is 23.2 Å². The van der Waals surface area contributed by atoms with Crippen molar-refractivity contribution in [2.45, 2.75) is 45.1 Å². The summed E-state index contributed by atoms with van der Waals surface area (Å²) in [6.07, 6.45) is 7.24. The van der Waals surface area contributed by atoms with Gasteiger partial charge in [-0.25, -0.2) is 0 Å². The Bertz CT molecular complexity index is 795. The van der Waals surface area contributed by atoms with Crippen LogP contribution in [0, 0.1) is 23.2 Å². The molecule has 1 amide bonds. The molecule has 0 radical (unpaired) electrons. The number of hydrogen-bond donors (Lipinski definition) is 1. The molecule has 4 saturated carbocycles. The molecule has 4 aliphatic rings. The zero-order chi connectivity index (χ0) is 17.7. The standard InChI is InChI=1S/C19H22BrN5O/c20-15-1-3-16(4-2-15)25-17(22-23-24-25)11-21-18(26)19-8-12-5-13(9-19)7-14(6-12)10-19/h1-4,12-14H,5-11H2,(H,21,26). The Morgan fingerprint density at radius 3 is 2.35 bits per heavy atom. The predicted octanol–water partition coefficient (Wildman–Crippen LogP) is 3.26. The van der Waals surface area contributed by atoms with E-state index in [0.29, 0.717) is 12.4 Å². The third kappa shape index (κ3) is 2.76. The average Bonchev–Trinajstić information content (AvgIpc) is 3.07. The Balaban J connectivity index is 1.31. The van der Waals surface area contributed by atoms with Gasteiger partial charge >= 0.3 is 0 Å². The van der Waals surface area contributed by atoms with E-state index in [1.807, 2.05) is 24.3 Å². The molecule has 26 heavy (non-hydrogen) atoms. The second-order valence-electron chi connectivity index (χ2n) is 8.36. The number of hydrogen-bond acceptors (Lipinski definition) is 4. The van der Waals surface area contributed by atoms with E-state index in [2.05, 4.69) is 36.8 Å². The fourth-order valence-corrected chi connectivity index (χ4v) is 6.10. The van der Waals surface area contributed by atoms with E-state index in [4.69, 9.17) is 0 Å². The van der Waals surface area contributed by atoms with Crippen LogP contribution in [0.25, 0.3) is 5.69 Å². The first-order valence-electron chi connectivity index (χ1n) is 9.43. The molecule has 6 rings (SSSR count). The molecule has 4 fully saturated rings. The monoisotopic (exact) mass is 415 g/mol. The molecule has 0 aliphatic heterocycles. The molecule has 0 saturated heterocycles. The Kier molecular flexibility index (Phi) is 3.88. The summed E-state index contributed by atoms with van der Waals surface area (Å²) in [6, 6.07) is 7.80. The van der Waals surface area contributed by atoms with Crippen molar-refractivity contribution in [1.82, 2.24) is 25.5 Å². The lowest BCUT2D eigenvalue weighted by Crippen LogP contribution is -2.53. The van der Waals surface area contributed by atoms with Crippen molar-refractivity contribution >= 4 is 21.8 Å². The van der Waals surface area contributed by atoms with Gasteiger partial charge < -0.3 is 5.32 Å². The molecule has 7 heteroatoms. The summed E-state index contributed by atoms with van der Waals surface area (Å²) in [5.74, 6) is 3.16. The number of carbonyl (C=O) groups is 1. The van der Waals surface area contributed by atoms with Crippen LogP contribution in [0.1, 0.15) is 44.3 Å². The van der Waals surface area contributed by atoms with E-state index in [9.17, 15) is 4.79 Å². The summed E-state index contributed by atoms with van der Waals surface area (Å²) in [5.41, 5.74) is 0.752. The average molecular weight is 416 g/mol. The molecule has 1 aromatic carbocycles. The van der Waals surface area contributed by atoms with Gasteiger partial charge in [-0.3, -0.25) is 4.79 Å². The van der Waals surface area contributed by atoms with E-state index in [1.54, 1.807) is 4.68 Å². The van der Waals surface area contributed by atoms with Crippen LogP contribution in [0.4, 0.5) is 0 Å². The van der Waals surface area contributed by atoms with Crippen molar-refractivity contribution in [1.29, 1.82) is 0 Å². The number of carbonyl (C=O) groups excluding carboxylic acids is 1. The fraction of sp³-hybridized carbons (Fsp3) is 0.579. The molecule has 4 aliphatic carbocycles. The van der Waals surface area contributed by atoms with Gasteiger partial charge in [0.1, 0.15) is 0 Å². The Hall–Kier alpha value is -1.76. The summed E-state index contributed by atoms with van der Waals surface area (Å²) in [6.45, 7) is 0.365. The number of nitrogens with one attached hydrogen (secondary N) is 1. The Morgan fingerprint density at radius 2 is 1.73 bits per heavy atom. The number of amides is 1. The van der Waals surface area contributed by atoms with Gasteiger partial charge in [0.2, 0.25) is 5.91 Å². The van der Waals surface area contributed by atoms with Crippen LogP contribution in [0.15, 0.2) is 28.7 Å². The number of aromatic nitrogens is 4. The van der Waals surface area contributed by atoms with E-state index < -0.39 is 0 Å². The molecule has 0 spiro atoms. The lowest BCUT2D eigenvalue weighted by Gasteiger charge is -2.55. The Labute approximate surface area is 160 Å². The summed E-state index contributed by atoms with van der Waals surface area (Å²) in [7, 11) is 0. The lowest BCUT2D eigenvalue weighted by atomic mass is 9.49. The van der Waals surface area contributed by atoms with Crippen LogP contribution >= 0.6 is 15.9 Å². The molecule has 6 nitrogen and oxygen atoms in total. The largest absolute Gasteiger partial charge is 0.348 e. The molecule has 0 atom stereocenters. The highest BCUT2D eigenvalue weighted by Crippen LogP contribution is 2.60. The van der Waals surface area contributed by atoms with E-state index >= 15 is 0 Å². The molecule has 136 valence electrons. The van der Waals surface area contributed by atoms with Crippen LogP contribution in [-0.4, -0.2) is 26.1 Å². The molecule has 1 aromatic heterocycles. The maximum atomic E-state index is 13.1. The second kappa shape index (κ2) is 6.15. The molecule has 0 unspecified atom stereocenters. The minimum Gasteiger partial charge on any atom is -0.348 e. The minimum absolute atomic E-state index is 0.134. The third-order valence-corrected chi connectivity index (χ3v) is 7.06. The van der Waals surface area contributed by atoms with E-state index in [0.717, 1.165) is 47.2 Å². The van der Waals surface area contributed by atoms with Crippen molar-refractivity contribution < 1.29 is 4.79 Å². The van der Waals surface area contributed by atoms with E-state index in [-0.39, 0.29) is 11.3 Å². The maximum Gasteiger partial charge on any atom is 0.226 e. The smallest absolute Gasteiger partial charge is 0.226 e. The van der Waals surface area contributed by atoms with Gasteiger partial charge in [-0.1, -0.05) is 15.9 Å². The molecular formula is C19H22BrN5O. The number of halogens is 1. The van der Waals surface area contributed by atoms with Crippen LogP contribution in [-0.2, 0) is 11.3 Å². The SMILES string of the molecule is O=C(NCc1nnnn1-c1ccc(Br)cc1)C12CC3CC(CC(C3)C1)C2. The number of rotatable bonds is 4. The van der Waals surface area contributed by atoms with Gasteiger partial charge in [0.15, 0.2) is 5.82 Å². The highest BCUT2D eigenvalue weighted by molar-refractivity contribution is 9.10. The summed E-state index contributed by atoms with van der Waals surface area (Å²) in [4.78, 5) is 13.1. The van der Waals surface area contributed by atoms with Gasteiger partial charge in [-0.2, -0.15) is 4.68 Å². The number of nitrogens with zero attached hydrogens (tertiary/aromatic N) is 4. The van der Waals surface area contributed by atoms with Crippen molar-refractivity contribution in [2.75, 3.05) is 0 Å². The quantitative estimate of drug-likeness (QED) is 0.831. The topological polar surface area (TPSA) is 72.7 Å². The first-order chi connectivity index (χ1) is 12.6. The van der Waals surface area contributed by atoms with Crippen molar-refractivity contribution in [3.05, 3.63) is 34.6 Å². The van der Waals surface area contributed by atoms with Gasteiger partial charge in [0.25, 0.3) is 0 Å². The molecule has 1 N–H and O–H groups in total. The maximum absolute atomic E-state index is 13.1. The molecule has 2 aromatic rings. The van der Waals surface area contributed by atoms with Gasteiger partial charge in [0, 0.05) is 9.89 Å². The fourth-order valence-electron chi connectivity index (χ4n) is 5.83. The van der Waals surface area contributed by atoms with Gasteiger partial charge in [-0.05, 0) is 91.0 Å². The summed E-state index contributed by atoms with van der Waals surface area (Å²) < 4.78 is 2.69. The van der Waals surface area contributed by atoms with Crippen molar-refractivity contribution in [3.8, 4) is 5.69 Å². The van der Waals surface area contributed by atoms with Crippen LogP contribution in [0.2, 0.25) is 0 Å². The van der Waals surface area contributed by atoms with Crippen molar-refractivity contribution in [3.63, 3.8) is 0 Å². The molecule has 1 heterocycles. The van der Waals surface area contributed by atoms with E-state index in [1.165, 1.54) is 19.3 Å².